The summed E-state index contributed by atoms with van der Waals surface area (Å²) in [6.07, 6.45) is 9.52. The zero-order valence-corrected chi connectivity index (χ0v) is 16.2. The van der Waals surface area contributed by atoms with Gasteiger partial charge in [0.05, 0.1) is 12.5 Å². The molecule has 28 heavy (non-hydrogen) atoms. The monoisotopic (exact) mass is 399 g/mol. The summed E-state index contributed by atoms with van der Waals surface area (Å²) in [7, 11) is -1.85. The molecular formula is C18H21N7O2S. The van der Waals surface area contributed by atoms with Gasteiger partial charge >= 0.3 is 0 Å². The third kappa shape index (κ3) is 3.87. The molecule has 146 valence electrons. The van der Waals surface area contributed by atoms with E-state index < -0.39 is 10.0 Å². The van der Waals surface area contributed by atoms with Crippen LogP contribution in [0.2, 0.25) is 0 Å². The Kier molecular flexibility index (Phi) is 5.05. The SMILES string of the molecule is Cn1cnc(S(=O)(=O)N2CCC[C@H](c3cccc(Nc4cnccn4)n3)C2)c1. The van der Waals surface area contributed by atoms with Crippen LogP contribution in [0.15, 0.2) is 54.3 Å². The van der Waals surface area contributed by atoms with Crippen LogP contribution in [-0.2, 0) is 17.1 Å². The van der Waals surface area contributed by atoms with Crippen molar-refractivity contribution in [3.05, 3.63) is 55.0 Å². The number of hydrogen-bond acceptors (Lipinski definition) is 7. The maximum Gasteiger partial charge on any atom is 0.262 e. The van der Waals surface area contributed by atoms with Gasteiger partial charge in [0, 0.05) is 50.3 Å². The van der Waals surface area contributed by atoms with Crippen LogP contribution >= 0.6 is 0 Å². The molecule has 0 spiro atoms. The maximum atomic E-state index is 12.9. The van der Waals surface area contributed by atoms with Crippen LogP contribution < -0.4 is 5.32 Å². The molecule has 0 bridgehead atoms. The fourth-order valence-electron chi connectivity index (χ4n) is 3.30. The molecule has 1 N–H and O–H groups in total. The average Bonchev–Trinajstić information content (AvgIpc) is 3.16. The number of nitrogens with zero attached hydrogens (tertiary/aromatic N) is 6. The molecule has 4 rings (SSSR count). The minimum absolute atomic E-state index is 0.0239. The second-order valence-corrected chi connectivity index (χ2v) is 8.63. The summed E-state index contributed by atoms with van der Waals surface area (Å²) in [5.74, 6) is 1.29. The van der Waals surface area contributed by atoms with Gasteiger partial charge in [-0.3, -0.25) is 4.98 Å². The van der Waals surface area contributed by atoms with Gasteiger partial charge in [-0.1, -0.05) is 6.07 Å². The van der Waals surface area contributed by atoms with Gasteiger partial charge in [0.1, 0.15) is 11.6 Å². The van der Waals surface area contributed by atoms with Crippen LogP contribution in [0, 0.1) is 0 Å². The number of sulfonamides is 1. The van der Waals surface area contributed by atoms with Crippen molar-refractivity contribution in [2.45, 2.75) is 23.8 Å². The lowest BCUT2D eigenvalue weighted by atomic mass is 9.95. The molecule has 1 fully saturated rings. The van der Waals surface area contributed by atoms with Crippen molar-refractivity contribution < 1.29 is 8.42 Å². The van der Waals surface area contributed by atoms with E-state index in [-0.39, 0.29) is 10.9 Å². The number of piperidine rings is 1. The topological polar surface area (TPSA) is 106 Å². The van der Waals surface area contributed by atoms with E-state index >= 15 is 0 Å². The van der Waals surface area contributed by atoms with Gasteiger partial charge in [-0.05, 0) is 25.0 Å². The van der Waals surface area contributed by atoms with Crippen molar-refractivity contribution in [3.8, 4) is 0 Å². The fourth-order valence-corrected chi connectivity index (χ4v) is 4.79. The van der Waals surface area contributed by atoms with Gasteiger partial charge < -0.3 is 9.88 Å². The molecule has 0 amide bonds. The standard InChI is InChI=1S/C18H21N7O2S/c1-24-12-18(21-13-24)28(26,27)25-9-3-4-14(11-25)15-5-2-6-16(22-15)23-17-10-19-7-8-20-17/h2,5-8,10,12-14H,3-4,9,11H2,1H3,(H,20,22,23)/t14-/m0/s1. The van der Waals surface area contributed by atoms with Crippen LogP contribution in [0.3, 0.4) is 0 Å². The summed E-state index contributed by atoms with van der Waals surface area (Å²) < 4.78 is 28.9. The molecular weight excluding hydrogens is 378 g/mol. The zero-order chi connectivity index (χ0) is 19.6. The lowest BCUT2D eigenvalue weighted by molar-refractivity contribution is 0.312. The highest BCUT2D eigenvalue weighted by molar-refractivity contribution is 7.89. The second kappa shape index (κ2) is 7.64. The number of nitrogens with one attached hydrogen (secondary N) is 1. The van der Waals surface area contributed by atoms with E-state index in [1.54, 1.807) is 30.2 Å². The Labute approximate surface area is 163 Å². The number of imidazole rings is 1. The quantitative estimate of drug-likeness (QED) is 0.698. The molecule has 9 nitrogen and oxygen atoms in total. The third-order valence-electron chi connectivity index (χ3n) is 4.68. The lowest BCUT2D eigenvalue weighted by Gasteiger charge is -2.31. The average molecular weight is 399 g/mol. The van der Waals surface area contributed by atoms with Crippen LogP contribution in [0.4, 0.5) is 11.6 Å². The summed E-state index contributed by atoms with van der Waals surface area (Å²) in [6.45, 7) is 0.882. The molecule has 10 heteroatoms. The van der Waals surface area contributed by atoms with E-state index in [0.717, 1.165) is 18.5 Å². The summed E-state index contributed by atoms with van der Waals surface area (Å²) in [6, 6.07) is 5.69. The second-order valence-electron chi connectivity index (χ2n) is 6.74. The van der Waals surface area contributed by atoms with E-state index in [4.69, 9.17) is 0 Å². The van der Waals surface area contributed by atoms with E-state index in [0.29, 0.717) is 24.7 Å². The fraction of sp³-hybridized carbons (Fsp3) is 0.333. The van der Waals surface area contributed by atoms with E-state index in [2.05, 4.69) is 25.3 Å². The molecule has 3 aromatic heterocycles. The van der Waals surface area contributed by atoms with Gasteiger partial charge in [0.15, 0.2) is 5.03 Å². The predicted molar refractivity (Wildman–Crippen MR) is 103 cm³/mol. The van der Waals surface area contributed by atoms with Gasteiger partial charge in [0.2, 0.25) is 0 Å². The van der Waals surface area contributed by atoms with Crippen molar-refractivity contribution in [2.75, 3.05) is 18.4 Å². The predicted octanol–water partition coefficient (Wildman–Crippen LogP) is 1.92. The van der Waals surface area contributed by atoms with Crippen molar-refractivity contribution in [3.63, 3.8) is 0 Å². The van der Waals surface area contributed by atoms with Gasteiger partial charge in [0.25, 0.3) is 10.0 Å². The minimum atomic E-state index is -3.60. The normalized spacial score (nSPS) is 18.1. The summed E-state index contributed by atoms with van der Waals surface area (Å²) in [5.41, 5.74) is 0.856. The molecule has 0 aromatic carbocycles. The first kappa shape index (κ1) is 18.5. The Bertz CT molecular complexity index is 1050. The lowest BCUT2D eigenvalue weighted by Crippen LogP contribution is -2.39. The Morgan fingerprint density at radius 1 is 1.18 bits per heavy atom. The zero-order valence-electron chi connectivity index (χ0n) is 15.4. The molecule has 1 atom stereocenters. The number of pyridine rings is 1. The number of rotatable bonds is 5. The summed E-state index contributed by atoms with van der Waals surface area (Å²) in [4.78, 5) is 16.9. The van der Waals surface area contributed by atoms with Crippen LogP contribution in [0.25, 0.3) is 0 Å². The first-order valence-electron chi connectivity index (χ1n) is 9.00. The minimum Gasteiger partial charge on any atom is -0.339 e. The number of aryl methyl sites for hydroxylation is 1. The largest absolute Gasteiger partial charge is 0.339 e. The summed E-state index contributed by atoms with van der Waals surface area (Å²) >= 11 is 0. The van der Waals surface area contributed by atoms with Crippen LogP contribution in [-0.4, -0.2) is 50.3 Å². The molecule has 4 heterocycles. The van der Waals surface area contributed by atoms with Gasteiger partial charge in [-0.25, -0.2) is 23.4 Å². The number of anilines is 2. The highest BCUT2D eigenvalue weighted by atomic mass is 32.2. The highest BCUT2D eigenvalue weighted by Gasteiger charge is 2.32. The number of hydrogen-bond donors (Lipinski definition) is 1. The van der Waals surface area contributed by atoms with Gasteiger partial charge in [-0.15, -0.1) is 0 Å². The molecule has 1 aliphatic rings. The van der Waals surface area contributed by atoms with Crippen LogP contribution in [0.1, 0.15) is 24.5 Å². The first-order valence-corrected chi connectivity index (χ1v) is 10.4. The molecule has 1 aliphatic heterocycles. The third-order valence-corrected chi connectivity index (χ3v) is 6.43. The Hall–Kier alpha value is -2.85. The Balaban J connectivity index is 1.52. The highest BCUT2D eigenvalue weighted by Crippen LogP contribution is 2.29. The van der Waals surface area contributed by atoms with E-state index in [1.807, 2.05) is 18.2 Å². The maximum absolute atomic E-state index is 12.9. The van der Waals surface area contributed by atoms with Crippen LogP contribution in [0.5, 0.6) is 0 Å². The Morgan fingerprint density at radius 2 is 2.07 bits per heavy atom. The molecule has 0 aliphatic carbocycles. The molecule has 0 unspecified atom stereocenters. The van der Waals surface area contributed by atoms with Crippen molar-refractivity contribution in [1.82, 2.24) is 28.8 Å². The smallest absolute Gasteiger partial charge is 0.262 e. The van der Waals surface area contributed by atoms with Gasteiger partial charge in [-0.2, -0.15) is 4.31 Å². The molecule has 0 saturated carbocycles. The molecule has 3 aromatic rings. The van der Waals surface area contributed by atoms with Crippen molar-refractivity contribution >= 4 is 21.7 Å². The molecule has 1 saturated heterocycles. The summed E-state index contributed by atoms with van der Waals surface area (Å²) in [5, 5.41) is 3.21. The van der Waals surface area contributed by atoms with Crippen molar-refractivity contribution in [1.29, 1.82) is 0 Å². The number of aromatic nitrogens is 5. The first-order chi connectivity index (χ1) is 13.5. The van der Waals surface area contributed by atoms with E-state index in [9.17, 15) is 8.42 Å². The van der Waals surface area contributed by atoms with Crippen molar-refractivity contribution in [2.24, 2.45) is 7.05 Å². The Morgan fingerprint density at radius 3 is 2.82 bits per heavy atom. The molecule has 0 radical (unpaired) electrons. The van der Waals surface area contributed by atoms with E-state index in [1.165, 1.54) is 16.8 Å².